The molecule has 1 heterocycles. The van der Waals surface area contributed by atoms with Gasteiger partial charge in [0.1, 0.15) is 9.96 Å². The number of thiocarbonyl (C=S) groups is 1. The van der Waals surface area contributed by atoms with Gasteiger partial charge in [0, 0.05) is 6.54 Å². The number of ether oxygens (including phenoxy) is 1. The first kappa shape index (κ1) is 22.5. The molecule has 1 amide bonds. The number of methoxy groups -OCH3 is 1. The van der Waals surface area contributed by atoms with Crippen molar-refractivity contribution in [3.05, 3.63) is 77.2 Å². The second-order valence-corrected chi connectivity index (χ2v) is 9.46. The van der Waals surface area contributed by atoms with Gasteiger partial charge in [0.05, 0.1) is 18.4 Å². The Kier molecular flexibility index (Phi) is 7.45. The highest BCUT2D eigenvalue weighted by Crippen LogP contribution is 2.22. The minimum absolute atomic E-state index is 0.146. The van der Waals surface area contributed by atoms with Crippen molar-refractivity contribution in [3.63, 3.8) is 0 Å². The first-order valence-corrected chi connectivity index (χ1v) is 11.8. The van der Waals surface area contributed by atoms with E-state index in [9.17, 15) is 13.2 Å². The lowest BCUT2D eigenvalue weighted by Gasteiger charge is -2.14. The molecule has 0 atom stereocenters. The molecule has 0 saturated heterocycles. The number of para-hydroxylation sites is 1. The molecule has 0 aliphatic rings. The van der Waals surface area contributed by atoms with Gasteiger partial charge in [-0.05, 0) is 53.5 Å². The molecule has 3 rings (SSSR count). The summed E-state index contributed by atoms with van der Waals surface area (Å²) in [6.07, 6.45) is 0. The van der Waals surface area contributed by atoms with Crippen LogP contribution >= 0.6 is 23.6 Å². The molecule has 0 aliphatic heterocycles. The first-order chi connectivity index (χ1) is 14.9. The van der Waals surface area contributed by atoms with Crippen LogP contribution in [0.25, 0.3) is 0 Å². The lowest BCUT2D eigenvalue weighted by atomic mass is 10.2. The summed E-state index contributed by atoms with van der Waals surface area (Å²) in [5.74, 6) is 0.211. The van der Waals surface area contributed by atoms with Gasteiger partial charge >= 0.3 is 0 Å². The number of hydrogen-bond donors (Lipinski definition) is 4. The van der Waals surface area contributed by atoms with Crippen LogP contribution in [-0.4, -0.2) is 26.5 Å². The maximum atomic E-state index is 12.6. The van der Waals surface area contributed by atoms with Crippen molar-refractivity contribution in [2.24, 2.45) is 0 Å². The van der Waals surface area contributed by atoms with Crippen molar-refractivity contribution in [1.82, 2.24) is 16.2 Å². The molecule has 0 unspecified atom stereocenters. The normalized spacial score (nSPS) is 10.7. The number of amides is 1. The van der Waals surface area contributed by atoms with E-state index in [0.717, 1.165) is 22.6 Å². The van der Waals surface area contributed by atoms with E-state index in [0.29, 0.717) is 6.54 Å². The molecule has 1 aromatic heterocycles. The second-order valence-electron chi connectivity index (χ2n) is 6.19. The molecule has 0 spiro atoms. The van der Waals surface area contributed by atoms with Crippen molar-refractivity contribution in [3.8, 4) is 5.75 Å². The van der Waals surface area contributed by atoms with Crippen LogP contribution in [0.1, 0.15) is 15.9 Å². The number of carbonyl (C=O) groups is 1. The average Bonchev–Trinajstić information content (AvgIpc) is 3.32. The molecule has 0 saturated carbocycles. The summed E-state index contributed by atoms with van der Waals surface area (Å²) in [7, 11) is -2.18. The number of sulfonamides is 1. The molecule has 11 heteroatoms. The molecule has 0 radical (unpaired) electrons. The maximum absolute atomic E-state index is 12.6. The van der Waals surface area contributed by atoms with Crippen LogP contribution in [0.4, 0.5) is 5.69 Å². The number of anilines is 1. The topological polar surface area (TPSA) is 109 Å². The molecule has 2 aromatic carbocycles. The predicted octanol–water partition coefficient (Wildman–Crippen LogP) is 2.87. The fourth-order valence-electron chi connectivity index (χ4n) is 2.53. The fraction of sp³-hybridized carbons (Fsp3) is 0.100. The van der Waals surface area contributed by atoms with E-state index in [1.165, 1.54) is 18.2 Å². The van der Waals surface area contributed by atoms with Gasteiger partial charge in [0.15, 0.2) is 5.11 Å². The standard InChI is InChI=1S/C20H20N4O4S3/c1-28-15-10-8-14(9-11-15)13-21-20(29)23-22-19(25)16-5-2-3-6-17(16)24-31(26,27)18-7-4-12-30-18/h2-12,24H,13H2,1H3,(H,22,25)(H2,21,23,29). The number of thiophene rings is 1. The summed E-state index contributed by atoms with van der Waals surface area (Å²) >= 11 is 6.26. The number of benzene rings is 2. The van der Waals surface area contributed by atoms with E-state index in [2.05, 4.69) is 20.9 Å². The van der Waals surface area contributed by atoms with Crippen molar-refractivity contribution in [2.75, 3.05) is 11.8 Å². The average molecular weight is 477 g/mol. The molecular weight excluding hydrogens is 456 g/mol. The number of carbonyl (C=O) groups excluding carboxylic acids is 1. The molecule has 8 nitrogen and oxygen atoms in total. The fourth-order valence-corrected chi connectivity index (χ4v) is 4.73. The van der Waals surface area contributed by atoms with Crippen LogP contribution < -0.4 is 25.6 Å². The van der Waals surface area contributed by atoms with Gasteiger partial charge in [-0.3, -0.25) is 20.4 Å². The molecular formula is C20H20N4O4S3. The third kappa shape index (κ3) is 6.17. The first-order valence-electron chi connectivity index (χ1n) is 9.01. The van der Waals surface area contributed by atoms with Crippen LogP contribution in [0, 0.1) is 0 Å². The number of nitrogens with one attached hydrogen (secondary N) is 4. The zero-order chi connectivity index (χ0) is 22.3. The van der Waals surface area contributed by atoms with Gasteiger partial charge in [-0.1, -0.05) is 30.3 Å². The third-order valence-corrected chi connectivity index (χ3v) is 7.09. The van der Waals surface area contributed by atoms with Gasteiger partial charge in [0.2, 0.25) is 0 Å². The zero-order valence-corrected chi connectivity index (χ0v) is 18.9. The molecule has 162 valence electrons. The molecule has 0 aliphatic carbocycles. The van der Waals surface area contributed by atoms with Crippen molar-refractivity contribution < 1.29 is 17.9 Å². The van der Waals surface area contributed by atoms with E-state index in [-0.39, 0.29) is 20.6 Å². The highest BCUT2D eigenvalue weighted by atomic mass is 32.2. The Labute approximate surface area is 189 Å². The van der Waals surface area contributed by atoms with Crippen LogP contribution in [-0.2, 0) is 16.6 Å². The van der Waals surface area contributed by atoms with E-state index in [1.807, 2.05) is 24.3 Å². The SMILES string of the molecule is COc1ccc(CNC(=S)NNC(=O)c2ccccc2NS(=O)(=O)c2cccs2)cc1. The molecule has 3 aromatic rings. The minimum Gasteiger partial charge on any atom is -0.497 e. The summed E-state index contributed by atoms with van der Waals surface area (Å²) in [5.41, 5.74) is 6.36. The predicted molar refractivity (Wildman–Crippen MR) is 125 cm³/mol. The number of hydrogen-bond acceptors (Lipinski definition) is 6. The summed E-state index contributed by atoms with van der Waals surface area (Å²) in [5, 5.41) is 4.84. The Balaban J connectivity index is 1.57. The number of hydrazine groups is 1. The van der Waals surface area contributed by atoms with E-state index in [1.54, 1.807) is 30.7 Å². The smallest absolute Gasteiger partial charge is 0.271 e. The van der Waals surface area contributed by atoms with Gasteiger partial charge in [-0.25, -0.2) is 8.42 Å². The monoisotopic (exact) mass is 476 g/mol. The Morgan fingerprint density at radius 2 is 1.77 bits per heavy atom. The van der Waals surface area contributed by atoms with Crippen LogP contribution in [0.5, 0.6) is 5.75 Å². The summed E-state index contributed by atoms with van der Waals surface area (Å²) < 4.78 is 32.7. The van der Waals surface area contributed by atoms with Gasteiger partial charge in [-0.15, -0.1) is 11.3 Å². The Hall–Kier alpha value is -3.15. The van der Waals surface area contributed by atoms with Gasteiger partial charge in [0.25, 0.3) is 15.9 Å². The van der Waals surface area contributed by atoms with Crippen molar-refractivity contribution in [2.45, 2.75) is 10.8 Å². The zero-order valence-electron chi connectivity index (χ0n) is 16.4. The van der Waals surface area contributed by atoms with Gasteiger partial charge in [-0.2, -0.15) is 0 Å². The van der Waals surface area contributed by atoms with E-state index < -0.39 is 15.9 Å². The summed E-state index contributed by atoms with van der Waals surface area (Å²) in [6, 6.07) is 16.9. The van der Waals surface area contributed by atoms with Crippen LogP contribution in [0.2, 0.25) is 0 Å². The molecule has 31 heavy (non-hydrogen) atoms. The van der Waals surface area contributed by atoms with E-state index >= 15 is 0 Å². The van der Waals surface area contributed by atoms with Crippen LogP contribution in [0.15, 0.2) is 70.3 Å². The summed E-state index contributed by atoms with van der Waals surface area (Å²) in [6.45, 7) is 0.447. The highest BCUT2D eigenvalue weighted by molar-refractivity contribution is 7.94. The minimum atomic E-state index is -3.78. The largest absolute Gasteiger partial charge is 0.497 e. The second kappa shape index (κ2) is 10.2. The lowest BCUT2D eigenvalue weighted by molar-refractivity contribution is 0.0944. The van der Waals surface area contributed by atoms with Crippen LogP contribution in [0.3, 0.4) is 0 Å². The third-order valence-electron chi connectivity index (χ3n) is 4.08. The number of rotatable bonds is 7. The van der Waals surface area contributed by atoms with Gasteiger partial charge < -0.3 is 10.1 Å². The Morgan fingerprint density at radius 3 is 2.45 bits per heavy atom. The molecule has 0 bridgehead atoms. The quantitative estimate of drug-likeness (QED) is 0.307. The molecule has 0 fully saturated rings. The molecule has 4 N–H and O–H groups in total. The summed E-state index contributed by atoms with van der Waals surface area (Å²) in [4.78, 5) is 12.6. The highest BCUT2D eigenvalue weighted by Gasteiger charge is 2.19. The van der Waals surface area contributed by atoms with E-state index in [4.69, 9.17) is 17.0 Å². The Bertz CT molecular complexity index is 1150. The Morgan fingerprint density at radius 1 is 1.03 bits per heavy atom. The lowest BCUT2D eigenvalue weighted by Crippen LogP contribution is -2.46. The maximum Gasteiger partial charge on any atom is 0.271 e. The van der Waals surface area contributed by atoms with Crippen molar-refractivity contribution in [1.29, 1.82) is 0 Å². The van der Waals surface area contributed by atoms with Crippen molar-refractivity contribution >= 4 is 50.3 Å².